The van der Waals surface area contributed by atoms with Crippen LogP contribution in [0, 0.1) is 0 Å². The van der Waals surface area contributed by atoms with Gasteiger partial charge in [0.05, 0.1) is 29.6 Å². The number of benzene rings is 1. The van der Waals surface area contributed by atoms with E-state index in [2.05, 4.69) is 15.4 Å². The monoisotopic (exact) mass is 420 g/mol. The number of ether oxygens (including phenoxy) is 1. The molecule has 0 aliphatic rings. The minimum Gasteiger partial charge on any atom is -0.480 e. The van der Waals surface area contributed by atoms with Gasteiger partial charge in [0.15, 0.2) is 0 Å². The molecule has 0 fully saturated rings. The van der Waals surface area contributed by atoms with Crippen molar-refractivity contribution in [3.05, 3.63) is 87.1 Å². The third-order valence-corrected chi connectivity index (χ3v) is 5.45. The van der Waals surface area contributed by atoms with Crippen molar-refractivity contribution in [2.45, 2.75) is 19.0 Å². The number of nitrogens with one attached hydrogen (secondary N) is 1. The average molecular weight is 420 g/mol. The lowest BCUT2D eigenvalue weighted by Crippen LogP contribution is -2.36. The summed E-state index contributed by atoms with van der Waals surface area (Å²) in [5, 5.41) is 12.3. The predicted octanol–water partition coefficient (Wildman–Crippen LogP) is 2.96. The number of carbonyl (C=O) groups excluding carboxylic acids is 1. The third-order valence-electron chi connectivity index (χ3n) is 4.72. The number of carbonyl (C=O) groups is 1. The number of hydrogen-bond donors (Lipinski definition) is 1. The number of fused-ring (bicyclic) bond motifs is 1. The molecule has 0 saturated carbocycles. The molecule has 0 bridgehead atoms. The zero-order valence-corrected chi connectivity index (χ0v) is 17.1. The molecule has 7 nitrogen and oxygen atoms in total. The summed E-state index contributed by atoms with van der Waals surface area (Å²) in [4.78, 5) is 30.0. The molecule has 3 heterocycles. The van der Waals surface area contributed by atoms with Crippen molar-refractivity contribution in [3.63, 3.8) is 0 Å². The van der Waals surface area contributed by atoms with Gasteiger partial charge in [-0.25, -0.2) is 4.68 Å². The number of nitrogens with zero attached hydrogens (tertiary/aromatic N) is 3. The Balaban J connectivity index is 1.59. The maximum absolute atomic E-state index is 12.8. The topological polar surface area (TPSA) is 86.1 Å². The highest BCUT2D eigenvalue weighted by molar-refractivity contribution is 7.07. The van der Waals surface area contributed by atoms with Crippen LogP contribution in [0.2, 0.25) is 0 Å². The SMILES string of the molecule is COc1nn(CC(=O)N[C@H](Cc2ccsc2)c2ccccn2)c(=O)c2ccccc12. The van der Waals surface area contributed by atoms with Crippen LogP contribution in [0.15, 0.2) is 70.3 Å². The Morgan fingerprint density at radius 1 is 1.17 bits per heavy atom. The second-order valence-electron chi connectivity index (χ2n) is 6.73. The van der Waals surface area contributed by atoms with Gasteiger partial charge < -0.3 is 10.1 Å². The molecule has 4 rings (SSSR count). The zero-order chi connectivity index (χ0) is 20.9. The minimum absolute atomic E-state index is 0.215. The number of methoxy groups -OCH3 is 1. The van der Waals surface area contributed by atoms with E-state index in [9.17, 15) is 9.59 Å². The van der Waals surface area contributed by atoms with E-state index in [1.54, 1.807) is 35.7 Å². The lowest BCUT2D eigenvalue weighted by Gasteiger charge is -2.18. The molecule has 1 amide bonds. The van der Waals surface area contributed by atoms with Crippen LogP contribution in [0.3, 0.4) is 0 Å². The van der Waals surface area contributed by atoms with E-state index in [4.69, 9.17) is 4.74 Å². The highest BCUT2D eigenvalue weighted by atomic mass is 32.1. The van der Waals surface area contributed by atoms with Crippen molar-refractivity contribution >= 4 is 28.0 Å². The molecule has 1 aromatic carbocycles. The summed E-state index contributed by atoms with van der Waals surface area (Å²) in [6.07, 6.45) is 2.30. The second kappa shape index (κ2) is 8.87. The predicted molar refractivity (Wildman–Crippen MR) is 116 cm³/mol. The van der Waals surface area contributed by atoms with Crippen LogP contribution >= 0.6 is 11.3 Å². The number of rotatable bonds is 7. The summed E-state index contributed by atoms with van der Waals surface area (Å²) in [5.74, 6) is -0.0228. The van der Waals surface area contributed by atoms with E-state index < -0.39 is 0 Å². The Labute approximate surface area is 177 Å². The Bertz CT molecular complexity index is 1210. The molecule has 0 saturated heterocycles. The molecule has 3 aromatic heterocycles. The van der Waals surface area contributed by atoms with Gasteiger partial charge in [0.25, 0.3) is 5.56 Å². The Kier molecular flexibility index (Phi) is 5.85. The summed E-state index contributed by atoms with van der Waals surface area (Å²) < 4.78 is 6.45. The van der Waals surface area contributed by atoms with E-state index in [0.717, 1.165) is 15.9 Å². The van der Waals surface area contributed by atoms with Gasteiger partial charge in [-0.05, 0) is 53.1 Å². The fourth-order valence-electron chi connectivity index (χ4n) is 3.29. The van der Waals surface area contributed by atoms with Gasteiger partial charge >= 0.3 is 0 Å². The van der Waals surface area contributed by atoms with Crippen LogP contribution in [0.1, 0.15) is 17.3 Å². The molecule has 0 unspecified atom stereocenters. The molecule has 0 radical (unpaired) electrons. The number of aromatic nitrogens is 3. The number of amides is 1. The van der Waals surface area contributed by atoms with E-state index in [0.29, 0.717) is 23.1 Å². The smallest absolute Gasteiger partial charge is 0.275 e. The largest absolute Gasteiger partial charge is 0.480 e. The molecule has 0 aliphatic carbocycles. The number of pyridine rings is 1. The first-order chi connectivity index (χ1) is 14.7. The lowest BCUT2D eigenvalue weighted by molar-refractivity contribution is -0.122. The van der Waals surface area contributed by atoms with Crippen LogP contribution in [0.25, 0.3) is 10.8 Å². The van der Waals surface area contributed by atoms with Crippen LogP contribution in [-0.2, 0) is 17.8 Å². The Morgan fingerprint density at radius 2 is 1.97 bits per heavy atom. The summed E-state index contributed by atoms with van der Waals surface area (Å²) in [6.45, 7) is -0.215. The van der Waals surface area contributed by atoms with Crippen LogP contribution < -0.4 is 15.6 Å². The molecule has 4 aromatic rings. The Hall–Kier alpha value is -3.52. The minimum atomic E-state index is -0.339. The maximum Gasteiger partial charge on any atom is 0.275 e. The normalized spacial score (nSPS) is 11.9. The summed E-state index contributed by atoms with van der Waals surface area (Å²) in [5.41, 5.74) is 1.53. The Morgan fingerprint density at radius 3 is 2.67 bits per heavy atom. The van der Waals surface area contributed by atoms with E-state index >= 15 is 0 Å². The van der Waals surface area contributed by atoms with Crippen molar-refractivity contribution in [3.8, 4) is 5.88 Å². The molecule has 152 valence electrons. The molecule has 1 atom stereocenters. The van der Waals surface area contributed by atoms with Gasteiger partial charge in [-0.1, -0.05) is 18.2 Å². The first kappa shape index (κ1) is 19.8. The first-order valence-electron chi connectivity index (χ1n) is 9.41. The van der Waals surface area contributed by atoms with Gasteiger partial charge in [-0.3, -0.25) is 14.6 Å². The van der Waals surface area contributed by atoms with Crippen molar-refractivity contribution < 1.29 is 9.53 Å². The average Bonchev–Trinajstić information content (AvgIpc) is 3.29. The van der Waals surface area contributed by atoms with E-state index in [1.807, 2.05) is 41.1 Å². The molecule has 8 heteroatoms. The van der Waals surface area contributed by atoms with Gasteiger partial charge in [0, 0.05) is 6.20 Å². The quantitative estimate of drug-likeness (QED) is 0.497. The molecule has 0 aliphatic heterocycles. The number of thiophene rings is 1. The van der Waals surface area contributed by atoms with E-state index in [-0.39, 0.29) is 24.1 Å². The highest BCUT2D eigenvalue weighted by Crippen LogP contribution is 2.20. The summed E-state index contributed by atoms with van der Waals surface area (Å²) in [6, 6.07) is 14.3. The first-order valence-corrected chi connectivity index (χ1v) is 10.3. The third kappa shape index (κ3) is 4.23. The molecule has 0 spiro atoms. The van der Waals surface area contributed by atoms with Crippen LogP contribution in [-0.4, -0.2) is 27.8 Å². The van der Waals surface area contributed by atoms with Crippen LogP contribution in [0.5, 0.6) is 5.88 Å². The highest BCUT2D eigenvalue weighted by Gasteiger charge is 2.19. The van der Waals surface area contributed by atoms with Crippen LogP contribution in [0.4, 0.5) is 0 Å². The molecule has 1 N–H and O–H groups in total. The van der Waals surface area contributed by atoms with Gasteiger partial charge in [0.2, 0.25) is 11.8 Å². The summed E-state index contributed by atoms with van der Waals surface area (Å²) in [7, 11) is 1.49. The van der Waals surface area contributed by atoms with Crippen molar-refractivity contribution in [1.29, 1.82) is 0 Å². The molecular formula is C22H20N4O3S. The zero-order valence-electron chi connectivity index (χ0n) is 16.3. The maximum atomic E-state index is 12.8. The fraction of sp³-hybridized carbons (Fsp3) is 0.182. The van der Waals surface area contributed by atoms with Crippen molar-refractivity contribution in [2.75, 3.05) is 7.11 Å². The summed E-state index contributed by atoms with van der Waals surface area (Å²) >= 11 is 1.60. The van der Waals surface area contributed by atoms with Crippen molar-refractivity contribution in [1.82, 2.24) is 20.1 Å². The lowest BCUT2D eigenvalue weighted by atomic mass is 10.1. The fourth-order valence-corrected chi connectivity index (χ4v) is 3.98. The standard InChI is InChI=1S/C22H20N4O3S/c1-29-21-16-6-2-3-7-17(16)22(28)26(25-21)13-20(27)24-19(12-15-9-11-30-14-15)18-8-4-5-10-23-18/h2-11,14,19H,12-13H2,1H3,(H,24,27)/t19-/m1/s1. The van der Waals surface area contributed by atoms with Gasteiger partial charge in [-0.15, -0.1) is 5.10 Å². The number of hydrogen-bond acceptors (Lipinski definition) is 6. The van der Waals surface area contributed by atoms with Gasteiger partial charge in [0.1, 0.15) is 6.54 Å². The molecular weight excluding hydrogens is 400 g/mol. The van der Waals surface area contributed by atoms with E-state index in [1.165, 1.54) is 7.11 Å². The molecule has 30 heavy (non-hydrogen) atoms. The van der Waals surface area contributed by atoms with Crippen molar-refractivity contribution in [2.24, 2.45) is 0 Å². The van der Waals surface area contributed by atoms with Gasteiger partial charge in [-0.2, -0.15) is 11.3 Å². The second-order valence-corrected chi connectivity index (χ2v) is 7.51.